The van der Waals surface area contributed by atoms with Crippen molar-refractivity contribution in [1.82, 2.24) is 10.2 Å². The predicted molar refractivity (Wildman–Crippen MR) is 91.1 cm³/mol. The Morgan fingerprint density at radius 2 is 1.83 bits per heavy atom. The van der Waals surface area contributed by atoms with Gasteiger partial charge in [0.15, 0.2) is 0 Å². The van der Waals surface area contributed by atoms with Gasteiger partial charge in [-0.2, -0.15) is 0 Å². The molecular formula is C18H28N2O3. The first kappa shape index (κ1) is 19.0. The summed E-state index contributed by atoms with van der Waals surface area (Å²) in [4.78, 5) is 25.5. The molecule has 0 radical (unpaired) electrons. The Balaban J connectivity index is 2.32. The summed E-state index contributed by atoms with van der Waals surface area (Å²) >= 11 is 0. The number of carbonyl (C=O) groups is 2. The van der Waals surface area contributed by atoms with Crippen molar-refractivity contribution in [2.24, 2.45) is 0 Å². The maximum absolute atomic E-state index is 12.2. The molecule has 0 spiro atoms. The Hall–Kier alpha value is -2.04. The molecule has 5 nitrogen and oxygen atoms in total. The Morgan fingerprint density at radius 3 is 2.39 bits per heavy atom. The zero-order valence-corrected chi connectivity index (χ0v) is 14.8. The van der Waals surface area contributed by atoms with Crippen LogP contribution < -0.4 is 5.32 Å². The van der Waals surface area contributed by atoms with Crippen LogP contribution in [0.2, 0.25) is 0 Å². The minimum absolute atomic E-state index is 0.0301. The number of nitrogens with zero attached hydrogens (tertiary/aromatic N) is 1. The van der Waals surface area contributed by atoms with Crippen molar-refractivity contribution in [2.45, 2.75) is 52.2 Å². The van der Waals surface area contributed by atoms with Crippen LogP contribution in [0.25, 0.3) is 0 Å². The summed E-state index contributed by atoms with van der Waals surface area (Å²) in [6, 6.07) is 9.95. The lowest BCUT2D eigenvalue weighted by Gasteiger charge is -2.25. The Morgan fingerprint density at radius 1 is 1.22 bits per heavy atom. The largest absolute Gasteiger partial charge is 0.444 e. The molecule has 1 aromatic carbocycles. The van der Waals surface area contributed by atoms with Gasteiger partial charge in [-0.1, -0.05) is 30.3 Å². The summed E-state index contributed by atoms with van der Waals surface area (Å²) in [5.74, 6) is 0.0624. The zero-order valence-electron chi connectivity index (χ0n) is 14.8. The zero-order chi connectivity index (χ0) is 17.5. The average molecular weight is 320 g/mol. The fraction of sp³-hybridized carbons (Fsp3) is 0.556. The maximum atomic E-state index is 12.2. The van der Waals surface area contributed by atoms with E-state index in [1.807, 2.05) is 58.0 Å². The minimum atomic E-state index is -0.509. The molecule has 0 heterocycles. The quantitative estimate of drug-likeness (QED) is 0.816. The molecule has 1 rings (SSSR count). The SMILES string of the molecule is CC(c1ccccc1)N(C)C(=O)CCCNC(=O)OC(C)(C)C. The van der Waals surface area contributed by atoms with Gasteiger partial charge in [-0.05, 0) is 39.7 Å². The van der Waals surface area contributed by atoms with E-state index in [4.69, 9.17) is 4.74 Å². The Labute approximate surface area is 139 Å². The first-order valence-corrected chi connectivity index (χ1v) is 7.98. The summed E-state index contributed by atoms with van der Waals surface area (Å²) in [7, 11) is 1.81. The van der Waals surface area contributed by atoms with Crippen LogP contribution in [0.4, 0.5) is 4.79 Å². The molecule has 0 bridgehead atoms. The van der Waals surface area contributed by atoms with Gasteiger partial charge in [0.25, 0.3) is 0 Å². The number of amides is 2. The minimum Gasteiger partial charge on any atom is -0.444 e. The number of nitrogens with one attached hydrogen (secondary N) is 1. The van der Waals surface area contributed by atoms with Crippen LogP contribution in [-0.2, 0) is 9.53 Å². The summed E-state index contributed by atoms with van der Waals surface area (Å²) in [6.45, 7) is 7.88. The fourth-order valence-corrected chi connectivity index (χ4v) is 2.09. The molecule has 5 heteroatoms. The lowest BCUT2D eigenvalue weighted by Crippen LogP contribution is -2.34. The second-order valence-corrected chi connectivity index (χ2v) is 6.62. The van der Waals surface area contributed by atoms with Crippen molar-refractivity contribution < 1.29 is 14.3 Å². The van der Waals surface area contributed by atoms with Gasteiger partial charge in [-0.3, -0.25) is 4.79 Å². The normalized spacial score (nSPS) is 12.4. The Bertz CT molecular complexity index is 509. The van der Waals surface area contributed by atoms with Gasteiger partial charge in [0.1, 0.15) is 5.60 Å². The summed E-state index contributed by atoms with van der Waals surface area (Å²) in [5, 5.41) is 2.66. The molecule has 0 aromatic heterocycles. The molecular weight excluding hydrogens is 292 g/mol. The summed E-state index contributed by atoms with van der Waals surface area (Å²) in [5.41, 5.74) is 0.598. The highest BCUT2D eigenvalue weighted by Crippen LogP contribution is 2.19. The van der Waals surface area contributed by atoms with Gasteiger partial charge in [0.2, 0.25) is 5.91 Å². The van der Waals surface area contributed by atoms with E-state index in [2.05, 4.69) is 5.32 Å². The molecule has 0 saturated carbocycles. The highest BCUT2D eigenvalue weighted by atomic mass is 16.6. The maximum Gasteiger partial charge on any atom is 0.407 e. The first-order chi connectivity index (χ1) is 10.7. The monoisotopic (exact) mass is 320 g/mol. The lowest BCUT2D eigenvalue weighted by atomic mass is 10.1. The van der Waals surface area contributed by atoms with Crippen LogP contribution in [0.1, 0.15) is 52.1 Å². The third kappa shape index (κ3) is 7.17. The van der Waals surface area contributed by atoms with Gasteiger partial charge < -0.3 is 15.0 Å². The molecule has 128 valence electrons. The van der Waals surface area contributed by atoms with Gasteiger partial charge in [0.05, 0.1) is 6.04 Å². The molecule has 0 aliphatic rings. The second kappa shape index (κ2) is 8.56. The van der Waals surface area contributed by atoms with Gasteiger partial charge >= 0.3 is 6.09 Å². The van der Waals surface area contributed by atoms with E-state index in [0.717, 1.165) is 5.56 Å². The number of hydrogen-bond donors (Lipinski definition) is 1. The predicted octanol–water partition coefficient (Wildman–Crippen LogP) is 3.51. The van der Waals surface area contributed by atoms with E-state index in [0.29, 0.717) is 19.4 Å². The van der Waals surface area contributed by atoms with E-state index in [1.54, 1.807) is 11.9 Å². The van der Waals surface area contributed by atoms with Crippen LogP contribution in [0.5, 0.6) is 0 Å². The molecule has 2 amide bonds. The van der Waals surface area contributed by atoms with Crippen LogP contribution in [0, 0.1) is 0 Å². The van der Waals surface area contributed by atoms with Crippen LogP contribution in [0.15, 0.2) is 30.3 Å². The van der Waals surface area contributed by atoms with E-state index in [-0.39, 0.29) is 11.9 Å². The molecule has 0 aliphatic heterocycles. The van der Waals surface area contributed by atoms with Crippen molar-refractivity contribution in [3.63, 3.8) is 0 Å². The van der Waals surface area contributed by atoms with Crippen molar-refractivity contribution in [3.05, 3.63) is 35.9 Å². The van der Waals surface area contributed by atoms with Gasteiger partial charge in [-0.25, -0.2) is 4.79 Å². The summed E-state index contributed by atoms with van der Waals surface area (Å²) in [6.07, 6.45) is 0.531. The van der Waals surface area contributed by atoms with Crippen LogP contribution >= 0.6 is 0 Å². The number of hydrogen-bond acceptors (Lipinski definition) is 3. The molecule has 23 heavy (non-hydrogen) atoms. The third-order valence-electron chi connectivity index (χ3n) is 3.49. The molecule has 1 unspecified atom stereocenters. The van der Waals surface area contributed by atoms with Crippen LogP contribution in [-0.4, -0.2) is 36.1 Å². The second-order valence-electron chi connectivity index (χ2n) is 6.62. The average Bonchev–Trinajstić information content (AvgIpc) is 2.49. The summed E-state index contributed by atoms with van der Waals surface area (Å²) < 4.78 is 5.14. The fourth-order valence-electron chi connectivity index (χ4n) is 2.09. The smallest absolute Gasteiger partial charge is 0.407 e. The molecule has 0 saturated heterocycles. The molecule has 1 atom stereocenters. The van der Waals surface area contributed by atoms with Crippen molar-refractivity contribution >= 4 is 12.0 Å². The molecule has 1 N–H and O–H groups in total. The topological polar surface area (TPSA) is 58.6 Å². The lowest BCUT2D eigenvalue weighted by molar-refractivity contribution is -0.131. The number of benzene rings is 1. The van der Waals surface area contributed by atoms with Crippen molar-refractivity contribution in [3.8, 4) is 0 Å². The highest BCUT2D eigenvalue weighted by Gasteiger charge is 2.18. The van der Waals surface area contributed by atoms with E-state index < -0.39 is 11.7 Å². The van der Waals surface area contributed by atoms with Crippen LogP contribution in [0.3, 0.4) is 0 Å². The number of alkyl carbamates (subject to hydrolysis) is 1. The first-order valence-electron chi connectivity index (χ1n) is 7.98. The molecule has 1 aromatic rings. The molecule has 0 fully saturated rings. The van der Waals surface area contributed by atoms with E-state index in [9.17, 15) is 9.59 Å². The van der Waals surface area contributed by atoms with Gasteiger partial charge in [0, 0.05) is 20.0 Å². The third-order valence-corrected chi connectivity index (χ3v) is 3.49. The van der Waals surface area contributed by atoms with Crippen molar-refractivity contribution in [2.75, 3.05) is 13.6 Å². The van der Waals surface area contributed by atoms with Crippen molar-refractivity contribution in [1.29, 1.82) is 0 Å². The van der Waals surface area contributed by atoms with E-state index in [1.165, 1.54) is 0 Å². The highest BCUT2D eigenvalue weighted by molar-refractivity contribution is 5.76. The number of carbonyl (C=O) groups excluding carboxylic acids is 2. The Kier molecular flexibility index (Phi) is 7.07. The van der Waals surface area contributed by atoms with E-state index >= 15 is 0 Å². The number of ether oxygens (including phenoxy) is 1. The number of rotatable bonds is 6. The standard InChI is InChI=1S/C18H28N2O3/c1-14(15-10-7-6-8-11-15)20(5)16(21)12-9-13-19-17(22)23-18(2,3)4/h6-8,10-11,14H,9,12-13H2,1-5H3,(H,19,22). The van der Waals surface area contributed by atoms with Gasteiger partial charge in [-0.15, -0.1) is 0 Å². The molecule has 0 aliphatic carbocycles.